The second kappa shape index (κ2) is 7.60. The molecule has 5 aromatic carbocycles. The lowest BCUT2D eigenvalue weighted by Crippen LogP contribution is -2.14. The predicted octanol–water partition coefficient (Wildman–Crippen LogP) is 8.73. The molecule has 36 heavy (non-hydrogen) atoms. The number of hydrogen-bond acceptors (Lipinski definition) is 2. The molecule has 1 aliphatic carbocycles. The van der Waals surface area contributed by atoms with Crippen molar-refractivity contribution >= 4 is 21.5 Å². The van der Waals surface area contributed by atoms with Gasteiger partial charge in [-0.15, -0.1) is 0 Å². The third kappa shape index (κ3) is 2.85. The first-order valence-corrected chi connectivity index (χ1v) is 12.5. The minimum Gasteiger partial charge on any atom is -0.261 e. The number of aromatic nitrogens is 2. The van der Waals surface area contributed by atoms with Gasteiger partial charge in [0, 0.05) is 23.4 Å². The molecule has 7 rings (SSSR count). The molecule has 0 amide bonds. The Morgan fingerprint density at radius 3 is 2.08 bits per heavy atom. The summed E-state index contributed by atoms with van der Waals surface area (Å²) in [4.78, 5) is 9.12. The van der Waals surface area contributed by atoms with Crippen molar-refractivity contribution in [1.82, 2.24) is 9.97 Å². The highest BCUT2D eigenvalue weighted by Gasteiger charge is 2.37. The largest absolute Gasteiger partial charge is 0.261 e. The fraction of sp³-hybridized carbons (Fsp3) is 0.118. The van der Waals surface area contributed by atoms with E-state index in [0.29, 0.717) is 0 Å². The Hall–Kier alpha value is -4.30. The minimum absolute atomic E-state index is 0.0387. The minimum atomic E-state index is -0.0387. The molecule has 0 saturated carbocycles. The maximum atomic E-state index is 4.72. The number of fused-ring (bicyclic) bond motifs is 5. The lowest BCUT2D eigenvalue weighted by molar-refractivity contribution is 0.660. The Bertz CT molecular complexity index is 1810. The second-order valence-electron chi connectivity index (χ2n) is 10.3. The normalized spacial score (nSPS) is 13.6. The summed E-state index contributed by atoms with van der Waals surface area (Å²) in [6.07, 6.45) is 5.39. The number of nitrogens with zero attached hydrogens (tertiary/aromatic N) is 2. The van der Waals surface area contributed by atoms with Crippen LogP contribution < -0.4 is 0 Å². The molecular weight excluding hydrogens is 436 g/mol. The molecule has 172 valence electrons. The molecule has 0 N–H and O–H groups in total. The third-order valence-corrected chi connectivity index (χ3v) is 7.88. The van der Waals surface area contributed by atoms with Crippen LogP contribution in [0.3, 0.4) is 0 Å². The van der Waals surface area contributed by atoms with Gasteiger partial charge in [-0.1, -0.05) is 104 Å². The van der Waals surface area contributed by atoms with Gasteiger partial charge in [0.25, 0.3) is 0 Å². The van der Waals surface area contributed by atoms with Gasteiger partial charge < -0.3 is 0 Å². The molecule has 2 nitrogen and oxygen atoms in total. The molecule has 0 fully saturated rings. The van der Waals surface area contributed by atoms with Crippen LogP contribution >= 0.6 is 0 Å². The third-order valence-electron chi connectivity index (χ3n) is 7.88. The fourth-order valence-corrected chi connectivity index (χ4v) is 6.25. The van der Waals surface area contributed by atoms with Gasteiger partial charge in [-0.25, -0.2) is 0 Å². The van der Waals surface area contributed by atoms with Crippen molar-refractivity contribution in [3.8, 4) is 33.5 Å². The Balaban J connectivity index is 1.69. The average Bonchev–Trinajstić information content (AvgIpc) is 3.15. The maximum Gasteiger partial charge on any atom is 0.0897 e. The number of rotatable bonds is 2. The summed E-state index contributed by atoms with van der Waals surface area (Å²) in [5.41, 5.74) is 11.3. The highest BCUT2D eigenvalue weighted by Crippen LogP contribution is 2.54. The van der Waals surface area contributed by atoms with E-state index in [1.165, 1.54) is 60.5 Å². The van der Waals surface area contributed by atoms with E-state index >= 15 is 0 Å². The van der Waals surface area contributed by atoms with Crippen LogP contribution in [0.15, 0.2) is 104 Å². The first-order valence-electron chi connectivity index (χ1n) is 12.5. The van der Waals surface area contributed by atoms with E-state index in [1.807, 2.05) is 6.20 Å². The van der Waals surface area contributed by atoms with Gasteiger partial charge in [-0.3, -0.25) is 9.97 Å². The monoisotopic (exact) mass is 462 g/mol. The SMILES string of the molecule is Cc1ccc2c(-c3cnccn3)c3ccccc3c(-c3cccc4c3-c3ccccc3C4(C)C)c2c1. The molecule has 2 heteroatoms. The summed E-state index contributed by atoms with van der Waals surface area (Å²) in [5.74, 6) is 0. The smallest absolute Gasteiger partial charge is 0.0897 e. The molecule has 0 radical (unpaired) electrons. The van der Waals surface area contributed by atoms with Crippen LogP contribution in [0.25, 0.3) is 55.1 Å². The maximum absolute atomic E-state index is 4.72. The van der Waals surface area contributed by atoms with Gasteiger partial charge in [-0.05, 0) is 61.8 Å². The van der Waals surface area contributed by atoms with Crippen molar-refractivity contribution < 1.29 is 0 Å². The molecule has 0 bridgehead atoms. The van der Waals surface area contributed by atoms with Gasteiger partial charge in [0.15, 0.2) is 0 Å². The van der Waals surface area contributed by atoms with Crippen LogP contribution in [0.5, 0.6) is 0 Å². The standard InChI is InChI=1S/C34H26N2/c1-21-15-16-24-27(19-21)31(22-9-4-5-10-23(22)33(24)30-20-35-17-18-36-30)26-12-8-14-29-32(26)25-11-6-7-13-28(25)34(29,2)3/h4-20H,1-3H3. The predicted molar refractivity (Wildman–Crippen MR) is 150 cm³/mol. The van der Waals surface area contributed by atoms with Gasteiger partial charge in [0.1, 0.15) is 0 Å². The van der Waals surface area contributed by atoms with Crippen molar-refractivity contribution in [2.75, 3.05) is 0 Å². The number of benzene rings is 5. The van der Waals surface area contributed by atoms with Crippen LogP contribution in [0.2, 0.25) is 0 Å². The topological polar surface area (TPSA) is 25.8 Å². The zero-order chi connectivity index (χ0) is 24.4. The Morgan fingerprint density at radius 2 is 1.28 bits per heavy atom. The summed E-state index contributed by atoms with van der Waals surface area (Å²) >= 11 is 0. The van der Waals surface area contributed by atoms with Gasteiger partial charge in [-0.2, -0.15) is 0 Å². The zero-order valence-electron chi connectivity index (χ0n) is 20.7. The molecule has 1 aromatic heterocycles. The molecule has 0 atom stereocenters. The quantitative estimate of drug-likeness (QED) is 0.240. The van der Waals surface area contributed by atoms with Crippen LogP contribution in [0, 0.1) is 6.92 Å². The van der Waals surface area contributed by atoms with E-state index in [2.05, 4.69) is 111 Å². The van der Waals surface area contributed by atoms with E-state index < -0.39 is 0 Å². The van der Waals surface area contributed by atoms with Crippen molar-refractivity contribution in [3.63, 3.8) is 0 Å². The molecule has 1 heterocycles. The Morgan fingerprint density at radius 1 is 0.583 bits per heavy atom. The van der Waals surface area contributed by atoms with Crippen LogP contribution in [-0.2, 0) is 5.41 Å². The average molecular weight is 463 g/mol. The first kappa shape index (κ1) is 21.0. The lowest BCUT2D eigenvalue weighted by atomic mass is 9.81. The van der Waals surface area contributed by atoms with Crippen molar-refractivity contribution in [2.24, 2.45) is 0 Å². The Labute approximate surface area is 211 Å². The second-order valence-corrected chi connectivity index (χ2v) is 10.3. The molecule has 0 aliphatic heterocycles. The van der Waals surface area contributed by atoms with Crippen LogP contribution in [0.1, 0.15) is 30.5 Å². The molecule has 1 aliphatic rings. The van der Waals surface area contributed by atoms with Gasteiger partial charge in [0.2, 0.25) is 0 Å². The molecule has 0 saturated heterocycles. The van der Waals surface area contributed by atoms with E-state index in [1.54, 1.807) is 12.4 Å². The summed E-state index contributed by atoms with van der Waals surface area (Å²) in [5, 5.41) is 4.90. The number of aryl methyl sites for hydroxylation is 1. The molecular formula is C34H26N2. The first-order chi connectivity index (χ1) is 17.6. The van der Waals surface area contributed by atoms with E-state index in [4.69, 9.17) is 4.98 Å². The lowest BCUT2D eigenvalue weighted by Gasteiger charge is -2.22. The van der Waals surface area contributed by atoms with Gasteiger partial charge >= 0.3 is 0 Å². The zero-order valence-corrected chi connectivity index (χ0v) is 20.7. The summed E-state index contributed by atoms with van der Waals surface area (Å²) in [7, 11) is 0. The summed E-state index contributed by atoms with van der Waals surface area (Å²) < 4.78 is 0. The van der Waals surface area contributed by atoms with E-state index in [0.717, 1.165) is 11.3 Å². The highest BCUT2D eigenvalue weighted by molar-refractivity contribution is 6.22. The van der Waals surface area contributed by atoms with E-state index in [9.17, 15) is 0 Å². The van der Waals surface area contributed by atoms with E-state index in [-0.39, 0.29) is 5.41 Å². The fourth-order valence-electron chi connectivity index (χ4n) is 6.25. The molecule has 6 aromatic rings. The van der Waals surface area contributed by atoms with Gasteiger partial charge in [0.05, 0.1) is 11.9 Å². The van der Waals surface area contributed by atoms with Crippen LogP contribution in [0.4, 0.5) is 0 Å². The molecule has 0 spiro atoms. The summed E-state index contributed by atoms with van der Waals surface area (Å²) in [6.45, 7) is 6.87. The molecule has 0 unspecified atom stereocenters. The van der Waals surface area contributed by atoms with Crippen molar-refractivity contribution in [3.05, 3.63) is 120 Å². The van der Waals surface area contributed by atoms with Crippen molar-refractivity contribution in [1.29, 1.82) is 0 Å². The van der Waals surface area contributed by atoms with Crippen LogP contribution in [-0.4, -0.2) is 9.97 Å². The highest BCUT2D eigenvalue weighted by atomic mass is 14.8. The van der Waals surface area contributed by atoms with Crippen molar-refractivity contribution in [2.45, 2.75) is 26.2 Å². The summed E-state index contributed by atoms with van der Waals surface area (Å²) in [6, 6.07) is 31.3. The number of hydrogen-bond donors (Lipinski definition) is 0. The Kier molecular flexibility index (Phi) is 4.44.